The maximum atomic E-state index is 13.3. The number of nitrogens with zero attached hydrogens (tertiary/aromatic N) is 4. The number of fused-ring (bicyclic) bond motifs is 1. The van der Waals surface area contributed by atoms with Crippen molar-refractivity contribution in [1.82, 2.24) is 14.7 Å². The first kappa shape index (κ1) is 20.2. The molecule has 2 aliphatic rings. The van der Waals surface area contributed by atoms with Gasteiger partial charge in [-0.05, 0) is 36.0 Å². The third-order valence-corrected chi connectivity index (χ3v) is 6.30. The Bertz CT molecular complexity index is 943. The van der Waals surface area contributed by atoms with Crippen molar-refractivity contribution in [3.8, 4) is 11.5 Å². The van der Waals surface area contributed by atoms with E-state index in [1.165, 1.54) is 17.1 Å². The number of rotatable bonds is 6. The van der Waals surface area contributed by atoms with E-state index in [4.69, 9.17) is 9.47 Å². The van der Waals surface area contributed by atoms with Gasteiger partial charge in [0.05, 0.1) is 4.92 Å². The molecule has 1 aliphatic carbocycles. The summed E-state index contributed by atoms with van der Waals surface area (Å²) >= 11 is 0. The van der Waals surface area contributed by atoms with E-state index in [1.54, 1.807) is 0 Å². The summed E-state index contributed by atoms with van der Waals surface area (Å²) in [6, 6.07) is 5.84. The van der Waals surface area contributed by atoms with Gasteiger partial charge in [0.25, 0.3) is 0 Å². The summed E-state index contributed by atoms with van der Waals surface area (Å²) in [6.07, 6.45) is 5.65. The number of hydrogen-bond donors (Lipinski definition) is 0. The predicted molar refractivity (Wildman–Crippen MR) is 108 cm³/mol. The molecule has 9 heteroatoms. The van der Waals surface area contributed by atoms with Crippen LogP contribution in [-0.2, 0) is 17.9 Å². The summed E-state index contributed by atoms with van der Waals surface area (Å²) in [5.41, 5.74) is 0.842. The third kappa shape index (κ3) is 4.10. The van der Waals surface area contributed by atoms with E-state index in [1.807, 2.05) is 23.1 Å². The molecule has 9 nitrogen and oxygen atoms in total. The summed E-state index contributed by atoms with van der Waals surface area (Å²) in [5.74, 6) is 2.19. The van der Waals surface area contributed by atoms with Crippen LogP contribution in [0.1, 0.15) is 38.7 Å². The molecule has 0 saturated heterocycles. The van der Waals surface area contributed by atoms with E-state index in [9.17, 15) is 14.9 Å². The molecule has 3 unspecified atom stereocenters. The fourth-order valence-electron chi connectivity index (χ4n) is 4.38. The van der Waals surface area contributed by atoms with Crippen molar-refractivity contribution >= 4 is 11.6 Å². The monoisotopic (exact) mass is 414 g/mol. The Balaban J connectivity index is 1.57. The fraction of sp³-hybridized carbons (Fsp3) is 0.524. The lowest BCUT2D eigenvalue weighted by Gasteiger charge is -2.41. The molecule has 1 aliphatic heterocycles. The van der Waals surface area contributed by atoms with Crippen LogP contribution in [-0.4, -0.2) is 38.3 Å². The maximum Gasteiger partial charge on any atom is 0.307 e. The summed E-state index contributed by atoms with van der Waals surface area (Å²) in [5, 5.41) is 14.9. The fourth-order valence-corrected chi connectivity index (χ4v) is 4.38. The Morgan fingerprint density at radius 3 is 2.87 bits per heavy atom. The average Bonchev–Trinajstić information content (AvgIpc) is 3.37. The molecule has 30 heavy (non-hydrogen) atoms. The van der Waals surface area contributed by atoms with Gasteiger partial charge in [-0.25, -0.2) is 0 Å². The van der Waals surface area contributed by atoms with Crippen LogP contribution in [0.2, 0.25) is 0 Å². The van der Waals surface area contributed by atoms with Crippen molar-refractivity contribution < 1.29 is 19.2 Å². The lowest BCUT2D eigenvalue weighted by Crippen LogP contribution is -2.48. The molecule has 0 spiro atoms. The zero-order valence-corrected chi connectivity index (χ0v) is 17.2. The van der Waals surface area contributed by atoms with E-state index >= 15 is 0 Å². The van der Waals surface area contributed by atoms with Crippen LogP contribution in [0, 0.1) is 22.0 Å². The summed E-state index contributed by atoms with van der Waals surface area (Å²) < 4.78 is 12.2. The lowest BCUT2D eigenvalue weighted by atomic mass is 9.77. The third-order valence-electron chi connectivity index (χ3n) is 6.30. The first-order chi connectivity index (χ1) is 14.4. The highest BCUT2D eigenvalue weighted by molar-refractivity contribution is 5.76. The van der Waals surface area contributed by atoms with Crippen molar-refractivity contribution in [2.75, 3.05) is 6.79 Å². The number of hydrogen-bond acceptors (Lipinski definition) is 6. The molecular formula is C21H26N4O5. The normalized spacial score (nSPS) is 22.7. The van der Waals surface area contributed by atoms with Gasteiger partial charge in [0, 0.05) is 12.6 Å². The minimum absolute atomic E-state index is 0.0318. The van der Waals surface area contributed by atoms with E-state index in [-0.39, 0.29) is 31.0 Å². The van der Waals surface area contributed by atoms with Gasteiger partial charge in [0.15, 0.2) is 11.5 Å². The van der Waals surface area contributed by atoms with Crippen molar-refractivity contribution in [2.45, 2.75) is 52.2 Å². The van der Waals surface area contributed by atoms with E-state index in [0.29, 0.717) is 29.9 Å². The van der Waals surface area contributed by atoms with Gasteiger partial charge in [0.1, 0.15) is 18.9 Å². The highest BCUT2D eigenvalue weighted by Crippen LogP contribution is 2.36. The minimum atomic E-state index is -0.511. The molecular weight excluding hydrogens is 388 g/mol. The van der Waals surface area contributed by atoms with Gasteiger partial charge >= 0.3 is 5.69 Å². The van der Waals surface area contributed by atoms with E-state index < -0.39 is 4.92 Å². The van der Waals surface area contributed by atoms with E-state index in [2.05, 4.69) is 18.9 Å². The van der Waals surface area contributed by atoms with E-state index in [0.717, 1.165) is 24.8 Å². The van der Waals surface area contributed by atoms with Crippen LogP contribution >= 0.6 is 0 Å². The molecule has 160 valence electrons. The molecule has 0 N–H and O–H groups in total. The second kappa shape index (κ2) is 8.33. The van der Waals surface area contributed by atoms with Crippen LogP contribution in [0.25, 0.3) is 0 Å². The van der Waals surface area contributed by atoms with Crippen LogP contribution in [0.15, 0.2) is 30.6 Å². The number of carbonyl (C=O) groups is 1. The number of nitro groups is 1. The summed E-state index contributed by atoms with van der Waals surface area (Å²) in [7, 11) is 0. The van der Waals surface area contributed by atoms with Crippen molar-refractivity contribution in [3.05, 3.63) is 46.3 Å². The molecule has 1 amide bonds. The highest BCUT2D eigenvalue weighted by Gasteiger charge is 2.34. The zero-order valence-electron chi connectivity index (χ0n) is 17.2. The molecule has 3 atom stereocenters. The molecule has 1 aromatic heterocycles. The molecule has 2 aromatic rings. The smallest absolute Gasteiger partial charge is 0.307 e. The summed E-state index contributed by atoms with van der Waals surface area (Å²) in [6.45, 7) is 5.05. The average molecular weight is 414 g/mol. The van der Waals surface area contributed by atoms with Gasteiger partial charge in [-0.15, -0.1) is 0 Å². The Labute approximate surface area is 174 Å². The standard InChI is InChI=1S/C21H26N4O5/c1-14-4-3-5-18(15(14)2)24(10-16-6-7-19-20(8-16)30-13-29-19)21(26)12-23-11-17(9-22-23)25(27)28/h6-9,11,14-15,18H,3-5,10,12-13H2,1-2H3. The number of aromatic nitrogens is 2. The second-order valence-corrected chi connectivity index (χ2v) is 8.20. The largest absolute Gasteiger partial charge is 0.454 e. The van der Waals surface area contributed by atoms with Crippen molar-refractivity contribution in [3.63, 3.8) is 0 Å². The zero-order chi connectivity index (χ0) is 21.3. The lowest BCUT2D eigenvalue weighted by molar-refractivity contribution is -0.385. The number of carbonyl (C=O) groups excluding carboxylic acids is 1. The Morgan fingerprint density at radius 1 is 1.30 bits per heavy atom. The first-order valence-electron chi connectivity index (χ1n) is 10.3. The quantitative estimate of drug-likeness (QED) is 0.531. The SMILES string of the molecule is CC1CCCC(N(Cc2ccc3c(c2)OCO3)C(=O)Cn2cc([N+](=O)[O-])cn2)C1C. The van der Waals surface area contributed by atoms with Crippen LogP contribution in [0.4, 0.5) is 5.69 Å². The highest BCUT2D eigenvalue weighted by atomic mass is 16.7. The maximum absolute atomic E-state index is 13.3. The van der Waals surface area contributed by atoms with Gasteiger partial charge in [0.2, 0.25) is 12.7 Å². The van der Waals surface area contributed by atoms with Crippen molar-refractivity contribution in [1.29, 1.82) is 0 Å². The Morgan fingerprint density at radius 2 is 2.10 bits per heavy atom. The summed E-state index contributed by atoms with van der Waals surface area (Å²) in [4.78, 5) is 25.6. The predicted octanol–water partition coefficient (Wildman–Crippen LogP) is 3.37. The van der Waals surface area contributed by atoms with Gasteiger partial charge in [-0.2, -0.15) is 5.10 Å². The van der Waals surface area contributed by atoms with Gasteiger partial charge in [-0.3, -0.25) is 19.6 Å². The van der Waals surface area contributed by atoms with Gasteiger partial charge < -0.3 is 14.4 Å². The number of benzene rings is 1. The topological polar surface area (TPSA) is 99.7 Å². The van der Waals surface area contributed by atoms with Crippen LogP contribution < -0.4 is 9.47 Å². The van der Waals surface area contributed by atoms with Gasteiger partial charge in [-0.1, -0.05) is 32.8 Å². The number of amides is 1. The molecule has 1 aromatic carbocycles. The molecule has 1 saturated carbocycles. The van der Waals surface area contributed by atoms with Crippen LogP contribution in [0.5, 0.6) is 11.5 Å². The molecule has 1 fully saturated rings. The molecule has 0 radical (unpaired) electrons. The molecule has 2 heterocycles. The van der Waals surface area contributed by atoms with Crippen molar-refractivity contribution in [2.24, 2.45) is 11.8 Å². The molecule has 0 bridgehead atoms. The second-order valence-electron chi connectivity index (χ2n) is 8.20. The Hall–Kier alpha value is -3.10. The first-order valence-corrected chi connectivity index (χ1v) is 10.3. The minimum Gasteiger partial charge on any atom is -0.454 e. The van der Waals surface area contributed by atoms with Crippen LogP contribution in [0.3, 0.4) is 0 Å². The Kier molecular flexibility index (Phi) is 5.61. The molecule has 4 rings (SSSR count). The number of ether oxygens (including phenoxy) is 2.